The van der Waals surface area contributed by atoms with Crippen LogP contribution in [-0.2, 0) is 0 Å². The number of pyridine rings is 1. The van der Waals surface area contributed by atoms with E-state index in [1.807, 2.05) is 19.9 Å². The number of nitrogens with two attached hydrogens (primary N) is 1. The van der Waals surface area contributed by atoms with Crippen molar-refractivity contribution in [1.82, 2.24) is 15.0 Å². The summed E-state index contributed by atoms with van der Waals surface area (Å²) in [5.74, 6) is -0.263. The highest BCUT2D eigenvalue weighted by atomic mass is 32.1. The van der Waals surface area contributed by atoms with Gasteiger partial charge in [-0.05, 0) is 19.9 Å². The van der Waals surface area contributed by atoms with E-state index in [4.69, 9.17) is 5.73 Å². The Hall–Kier alpha value is -2.54. The van der Waals surface area contributed by atoms with Crippen molar-refractivity contribution in [2.24, 2.45) is 0 Å². The molecule has 3 heterocycles. The van der Waals surface area contributed by atoms with Gasteiger partial charge in [-0.3, -0.25) is 9.78 Å². The molecule has 0 saturated heterocycles. The molecule has 21 heavy (non-hydrogen) atoms. The van der Waals surface area contributed by atoms with E-state index in [1.54, 1.807) is 0 Å². The molecule has 3 aromatic rings. The van der Waals surface area contributed by atoms with Crippen molar-refractivity contribution >= 4 is 38.7 Å². The summed E-state index contributed by atoms with van der Waals surface area (Å²) in [5.41, 5.74) is 8.86. The minimum atomic E-state index is -0.263. The number of carbonyl (C=O) groups is 1. The third-order valence-electron chi connectivity index (χ3n) is 3.04. The third kappa shape index (κ3) is 2.43. The van der Waals surface area contributed by atoms with Crippen molar-refractivity contribution in [3.63, 3.8) is 0 Å². The lowest BCUT2D eigenvalue weighted by molar-refractivity contribution is 0.103. The molecule has 0 unspecified atom stereocenters. The molecule has 0 aliphatic carbocycles. The van der Waals surface area contributed by atoms with Gasteiger partial charge in [-0.2, -0.15) is 0 Å². The first-order chi connectivity index (χ1) is 10.1. The summed E-state index contributed by atoms with van der Waals surface area (Å²) >= 11 is 1.36. The number of anilines is 2. The smallest absolute Gasteiger partial charge is 0.267 e. The number of thiophene rings is 1. The molecule has 0 fully saturated rings. The number of hydrogen-bond donors (Lipinski definition) is 2. The van der Waals surface area contributed by atoms with Gasteiger partial charge in [0, 0.05) is 21.5 Å². The minimum absolute atomic E-state index is 0.263. The van der Waals surface area contributed by atoms with Gasteiger partial charge in [0.15, 0.2) is 0 Å². The highest BCUT2D eigenvalue weighted by molar-refractivity contribution is 7.21. The highest BCUT2D eigenvalue weighted by Crippen LogP contribution is 2.35. The molecule has 0 bridgehead atoms. The first-order valence-corrected chi connectivity index (χ1v) is 7.10. The van der Waals surface area contributed by atoms with Crippen LogP contribution in [0, 0.1) is 13.8 Å². The van der Waals surface area contributed by atoms with E-state index in [2.05, 4.69) is 20.3 Å². The van der Waals surface area contributed by atoms with Crippen molar-refractivity contribution in [3.05, 3.63) is 41.1 Å². The number of nitrogens with one attached hydrogen (secondary N) is 1. The summed E-state index contributed by atoms with van der Waals surface area (Å²) in [6, 6.07) is 1.94. The maximum Gasteiger partial charge on any atom is 0.267 e. The summed E-state index contributed by atoms with van der Waals surface area (Å²) in [4.78, 5) is 24.9. The van der Waals surface area contributed by atoms with Gasteiger partial charge in [0.1, 0.15) is 11.2 Å². The lowest BCUT2D eigenvalue weighted by Crippen LogP contribution is -2.12. The normalized spacial score (nSPS) is 10.8. The molecule has 6 nitrogen and oxygen atoms in total. The largest absolute Gasteiger partial charge is 0.397 e. The van der Waals surface area contributed by atoms with Gasteiger partial charge in [0.2, 0.25) is 0 Å². The van der Waals surface area contributed by atoms with Gasteiger partial charge in [-0.25, -0.2) is 9.97 Å². The lowest BCUT2D eigenvalue weighted by Gasteiger charge is -2.03. The molecule has 7 heteroatoms. The van der Waals surface area contributed by atoms with E-state index in [9.17, 15) is 4.79 Å². The molecular weight excluding hydrogens is 286 g/mol. The van der Waals surface area contributed by atoms with E-state index in [0.29, 0.717) is 16.3 Å². The molecule has 0 aliphatic rings. The number of fused-ring (bicyclic) bond motifs is 1. The van der Waals surface area contributed by atoms with Crippen LogP contribution in [-0.4, -0.2) is 20.9 Å². The maximum atomic E-state index is 12.3. The van der Waals surface area contributed by atoms with Crippen LogP contribution < -0.4 is 11.1 Å². The third-order valence-corrected chi connectivity index (χ3v) is 4.19. The van der Waals surface area contributed by atoms with Crippen LogP contribution in [0.1, 0.15) is 21.1 Å². The van der Waals surface area contributed by atoms with E-state index in [0.717, 1.165) is 21.5 Å². The first-order valence-electron chi connectivity index (χ1n) is 6.29. The van der Waals surface area contributed by atoms with Crippen LogP contribution in [0.4, 0.5) is 11.4 Å². The number of amides is 1. The second-order valence-electron chi connectivity index (χ2n) is 4.65. The van der Waals surface area contributed by atoms with Crippen LogP contribution in [0.2, 0.25) is 0 Å². The fraction of sp³-hybridized carbons (Fsp3) is 0.143. The number of hydrogen-bond acceptors (Lipinski definition) is 6. The Labute approximate surface area is 125 Å². The van der Waals surface area contributed by atoms with Crippen LogP contribution >= 0.6 is 11.3 Å². The quantitative estimate of drug-likeness (QED) is 0.758. The molecule has 106 valence electrons. The molecule has 0 radical (unpaired) electrons. The molecule has 0 aliphatic heterocycles. The highest BCUT2D eigenvalue weighted by Gasteiger charge is 2.18. The van der Waals surface area contributed by atoms with Gasteiger partial charge < -0.3 is 11.1 Å². The van der Waals surface area contributed by atoms with Crippen molar-refractivity contribution in [2.45, 2.75) is 13.8 Å². The Morgan fingerprint density at radius 3 is 2.71 bits per heavy atom. The Morgan fingerprint density at radius 1 is 1.29 bits per heavy atom. The van der Waals surface area contributed by atoms with Crippen molar-refractivity contribution in [2.75, 3.05) is 11.1 Å². The summed E-state index contributed by atoms with van der Waals surface area (Å²) in [5, 5.41) is 3.59. The first kappa shape index (κ1) is 13.4. The fourth-order valence-electron chi connectivity index (χ4n) is 2.20. The second-order valence-corrected chi connectivity index (χ2v) is 5.70. The predicted molar refractivity (Wildman–Crippen MR) is 83.5 cm³/mol. The maximum absolute atomic E-state index is 12.3. The summed E-state index contributed by atoms with van der Waals surface area (Å²) in [6.45, 7) is 3.81. The van der Waals surface area contributed by atoms with Crippen LogP contribution in [0.15, 0.2) is 24.8 Å². The Kier molecular flexibility index (Phi) is 3.26. The Bertz CT molecular complexity index is 828. The average molecular weight is 299 g/mol. The van der Waals surface area contributed by atoms with E-state index >= 15 is 0 Å². The SMILES string of the molecule is Cc1cc2sc(C(=O)Nc3cncnc3)c(N)c2c(C)n1. The molecule has 3 rings (SSSR count). The molecule has 0 saturated carbocycles. The van der Waals surface area contributed by atoms with Crippen LogP contribution in [0.5, 0.6) is 0 Å². The van der Waals surface area contributed by atoms with Crippen molar-refractivity contribution < 1.29 is 4.79 Å². The van der Waals surface area contributed by atoms with Gasteiger partial charge in [0.25, 0.3) is 5.91 Å². The minimum Gasteiger partial charge on any atom is -0.397 e. The van der Waals surface area contributed by atoms with Gasteiger partial charge >= 0.3 is 0 Å². The van der Waals surface area contributed by atoms with Crippen LogP contribution in [0.25, 0.3) is 10.1 Å². The number of aryl methyl sites for hydroxylation is 2. The summed E-state index contributed by atoms with van der Waals surface area (Å²) < 4.78 is 0.965. The molecule has 3 N–H and O–H groups in total. The zero-order chi connectivity index (χ0) is 15.0. The molecular formula is C14H13N5OS. The zero-order valence-electron chi connectivity index (χ0n) is 11.5. The Morgan fingerprint density at radius 2 is 2.00 bits per heavy atom. The lowest BCUT2D eigenvalue weighted by atomic mass is 10.2. The van der Waals surface area contributed by atoms with Crippen molar-refractivity contribution in [3.8, 4) is 0 Å². The number of nitrogen functional groups attached to an aromatic ring is 1. The number of carbonyl (C=O) groups excluding carboxylic acids is 1. The molecule has 3 aromatic heterocycles. The van der Waals surface area contributed by atoms with Gasteiger partial charge in [-0.15, -0.1) is 11.3 Å². The average Bonchev–Trinajstić information content (AvgIpc) is 2.77. The number of aromatic nitrogens is 3. The fourth-order valence-corrected chi connectivity index (χ4v) is 3.36. The number of rotatable bonds is 2. The van der Waals surface area contributed by atoms with Crippen LogP contribution in [0.3, 0.4) is 0 Å². The van der Waals surface area contributed by atoms with Gasteiger partial charge in [0.05, 0.1) is 23.8 Å². The number of nitrogens with zero attached hydrogens (tertiary/aromatic N) is 3. The van der Waals surface area contributed by atoms with Crippen molar-refractivity contribution in [1.29, 1.82) is 0 Å². The van der Waals surface area contributed by atoms with Gasteiger partial charge in [-0.1, -0.05) is 0 Å². The van der Waals surface area contributed by atoms with E-state index < -0.39 is 0 Å². The standard InChI is InChI=1S/C14H13N5OS/c1-7-3-10-11(8(2)18-7)12(15)13(21-10)14(20)19-9-4-16-6-17-5-9/h3-6H,15H2,1-2H3,(H,19,20). The molecule has 0 spiro atoms. The molecule has 1 amide bonds. The van der Waals surface area contributed by atoms with E-state index in [-0.39, 0.29) is 5.91 Å². The zero-order valence-corrected chi connectivity index (χ0v) is 12.4. The second kappa shape index (κ2) is 5.10. The van der Waals surface area contributed by atoms with E-state index in [1.165, 1.54) is 30.1 Å². The molecule has 0 atom stereocenters. The topological polar surface area (TPSA) is 93.8 Å². The summed E-state index contributed by atoms with van der Waals surface area (Å²) in [7, 11) is 0. The Balaban J connectivity index is 2.03. The molecule has 0 aromatic carbocycles. The predicted octanol–water partition coefficient (Wildman–Crippen LogP) is 2.54. The monoisotopic (exact) mass is 299 g/mol. The summed E-state index contributed by atoms with van der Waals surface area (Å²) in [6.07, 6.45) is 4.47.